The van der Waals surface area contributed by atoms with Crippen molar-refractivity contribution in [1.29, 1.82) is 0 Å². The van der Waals surface area contributed by atoms with Crippen LogP contribution in [0, 0.1) is 0 Å². The molecule has 32 heavy (non-hydrogen) atoms. The summed E-state index contributed by atoms with van der Waals surface area (Å²) < 4.78 is 10.4. The van der Waals surface area contributed by atoms with Gasteiger partial charge in [0.25, 0.3) is 5.91 Å². The second-order valence-corrected chi connectivity index (χ2v) is 7.37. The van der Waals surface area contributed by atoms with Crippen molar-refractivity contribution in [2.45, 2.75) is 31.4 Å². The Balaban J connectivity index is 1.61. The molecule has 0 heterocycles. The van der Waals surface area contributed by atoms with Crippen molar-refractivity contribution >= 4 is 18.0 Å². The van der Waals surface area contributed by atoms with Crippen LogP contribution in [-0.2, 0) is 23.9 Å². The van der Waals surface area contributed by atoms with E-state index in [4.69, 9.17) is 19.4 Å². The first-order chi connectivity index (χ1) is 15.4. The van der Waals surface area contributed by atoms with Crippen molar-refractivity contribution in [3.8, 4) is 11.1 Å². The Bertz CT molecular complexity index is 933. The van der Waals surface area contributed by atoms with Gasteiger partial charge in [0.05, 0.1) is 0 Å². The highest BCUT2D eigenvalue weighted by Crippen LogP contribution is 2.44. The van der Waals surface area contributed by atoms with Crippen molar-refractivity contribution < 1.29 is 33.8 Å². The van der Waals surface area contributed by atoms with Crippen LogP contribution in [0.3, 0.4) is 0 Å². The van der Waals surface area contributed by atoms with Gasteiger partial charge in [-0.2, -0.15) is 0 Å². The molecule has 0 aliphatic heterocycles. The number of hydroxylamine groups is 1. The number of fused-ring (bicyclic) bond motifs is 3. The van der Waals surface area contributed by atoms with Crippen LogP contribution in [0.25, 0.3) is 11.1 Å². The van der Waals surface area contributed by atoms with Crippen LogP contribution in [0.1, 0.15) is 30.4 Å². The molecule has 1 aliphatic rings. The minimum Gasteiger partial charge on any atom is -0.479 e. The number of carboxylic acid groups (broad SMARTS) is 1. The average Bonchev–Trinajstić information content (AvgIpc) is 3.12. The number of benzene rings is 2. The Morgan fingerprint density at radius 3 is 2.19 bits per heavy atom. The maximum absolute atomic E-state index is 12.5. The first-order valence-electron chi connectivity index (χ1n) is 10.2. The molecule has 0 bridgehead atoms. The Kier molecular flexibility index (Phi) is 7.80. The number of carbonyl (C=O) groups excluding carboxylic acids is 2. The number of methoxy groups -OCH3 is 1. The Hall–Kier alpha value is -3.43. The zero-order valence-corrected chi connectivity index (χ0v) is 17.9. The number of amides is 2. The van der Waals surface area contributed by atoms with Crippen LogP contribution in [-0.4, -0.2) is 55.5 Å². The number of alkyl carbamates (subject to hydrolysis) is 1. The van der Waals surface area contributed by atoms with Gasteiger partial charge < -0.3 is 19.9 Å². The second-order valence-electron chi connectivity index (χ2n) is 7.37. The summed E-state index contributed by atoms with van der Waals surface area (Å²) in [5, 5.41) is 11.3. The second kappa shape index (κ2) is 10.7. The fourth-order valence-corrected chi connectivity index (χ4v) is 3.55. The molecule has 2 atom stereocenters. The van der Waals surface area contributed by atoms with E-state index in [1.54, 1.807) is 0 Å². The third-order valence-electron chi connectivity index (χ3n) is 5.25. The molecule has 1 aliphatic carbocycles. The average molecular weight is 442 g/mol. The molecule has 3 N–H and O–H groups in total. The smallest absolute Gasteiger partial charge is 0.407 e. The lowest BCUT2D eigenvalue weighted by Gasteiger charge is -2.20. The molecule has 0 fully saturated rings. The zero-order valence-electron chi connectivity index (χ0n) is 17.9. The van der Waals surface area contributed by atoms with Gasteiger partial charge in [0.1, 0.15) is 12.6 Å². The molecule has 2 amide bonds. The first kappa shape index (κ1) is 23.2. The highest BCUT2D eigenvalue weighted by molar-refractivity contribution is 5.85. The highest BCUT2D eigenvalue weighted by atomic mass is 16.7. The third kappa shape index (κ3) is 5.43. The summed E-state index contributed by atoms with van der Waals surface area (Å²) in [5.41, 5.74) is 6.43. The Morgan fingerprint density at radius 2 is 1.62 bits per heavy atom. The molecule has 0 saturated carbocycles. The molecule has 2 aromatic carbocycles. The third-order valence-corrected chi connectivity index (χ3v) is 5.25. The number of hydrogen-bond acceptors (Lipinski definition) is 6. The largest absolute Gasteiger partial charge is 0.479 e. The quantitative estimate of drug-likeness (QED) is 0.483. The van der Waals surface area contributed by atoms with E-state index in [0.717, 1.165) is 22.3 Å². The van der Waals surface area contributed by atoms with Gasteiger partial charge in [-0.05, 0) is 29.2 Å². The van der Waals surface area contributed by atoms with Crippen LogP contribution >= 0.6 is 0 Å². The molecule has 2 aromatic rings. The zero-order chi connectivity index (χ0) is 23.1. The Morgan fingerprint density at radius 1 is 1.03 bits per heavy atom. The minimum absolute atomic E-state index is 0.102. The van der Waals surface area contributed by atoms with Crippen LogP contribution in [0.4, 0.5) is 4.79 Å². The molecule has 0 spiro atoms. The SMILES string of the molecule is COCCC(NC(=O)OCC1c2ccccc2-c2ccccc21)C(=O)NOC(C)C(=O)O. The molecule has 0 saturated heterocycles. The van der Waals surface area contributed by atoms with E-state index in [1.807, 2.05) is 48.5 Å². The summed E-state index contributed by atoms with van der Waals surface area (Å²) in [5.74, 6) is -2.05. The van der Waals surface area contributed by atoms with Crippen LogP contribution in [0.15, 0.2) is 48.5 Å². The van der Waals surface area contributed by atoms with E-state index in [9.17, 15) is 14.4 Å². The summed E-state index contributed by atoms with van der Waals surface area (Å²) >= 11 is 0. The predicted octanol–water partition coefficient (Wildman–Crippen LogP) is 2.45. The van der Waals surface area contributed by atoms with E-state index in [2.05, 4.69) is 10.8 Å². The molecule has 170 valence electrons. The predicted molar refractivity (Wildman–Crippen MR) is 115 cm³/mol. The molecule has 2 unspecified atom stereocenters. The van der Waals surface area contributed by atoms with E-state index < -0.39 is 30.1 Å². The lowest BCUT2D eigenvalue weighted by Crippen LogP contribution is -2.48. The molecule has 9 heteroatoms. The van der Waals surface area contributed by atoms with Crippen molar-refractivity contribution in [2.24, 2.45) is 0 Å². The van der Waals surface area contributed by atoms with Gasteiger partial charge in [-0.25, -0.2) is 15.1 Å². The lowest BCUT2D eigenvalue weighted by molar-refractivity contribution is -0.159. The molecular formula is C23H26N2O7. The number of rotatable bonds is 10. The fourth-order valence-electron chi connectivity index (χ4n) is 3.55. The fraction of sp³-hybridized carbons (Fsp3) is 0.348. The van der Waals surface area contributed by atoms with Crippen molar-refractivity contribution in [3.05, 3.63) is 59.7 Å². The number of carboxylic acids is 1. The van der Waals surface area contributed by atoms with Crippen molar-refractivity contribution in [1.82, 2.24) is 10.8 Å². The minimum atomic E-state index is -1.24. The number of hydrogen-bond donors (Lipinski definition) is 3. The van der Waals surface area contributed by atoms with E-state index in [-0.39, 0.29) is 25.6 Å². The van der Waals surface area contributed by atoms with Crippen LogP contribution < -0.4 is 10.8 Å². The monoisotopic (exact) mass is 442 g/mol. The van der Waals surface area contributed by atoms with E-state index in [0.29, 0.717) is 0 Å². The van der Waals surface area contributed by atoms with E-state index >= 15 is 0 Å². The summed E-state index contributed by atoms with van der Waals surface area (Å²) in [6, 6.07) is 14.9. The van der Waals surface area contributed by atoms with Gasteiger partial charge in [-0.3, -0.25) is 9.63 Å². The van der Waals surface area contributed by atoms with Crippen LogP contribution in [0.2, 0.25) is 0 Å². The maximum Gasteiger partial charge on any atom is 0.407 e. The molecule has 0 aromatic heterocycles. The number of carbonyl (C=O) groups is 3. The first-order valence-corrected chi connectivity index (χ1v) is 10.2. The van der Waals surface area contributed by atoms with Gasteiger partial charge in [-0.1, -0.05) is 48.5 Å². The summed E-state index contributed by atoms with van der Waals surface area (Å²) in [7, 11) is 1.46. The standard InChI is InChI=1S/C23H26N2O7/c1-14(22(27)28)32-25-21(26)20(11-12-30-2)24-23(29)31-13-19-17-9-5-3-7-15(17)16-8-4-6-10-18(16)19/h3-10,14,19-20H,11-13H2,1-2H3,(H,24,29)(H,25,26)(H,27,28). The maximum atomic E-state index is 12.5. The van der Waals surface area contributed by atoms with Crippen molar-refractivity contribution in [2.75, 3.05) is 20.3 Å². The highest BCUT2D eigenvalue weighted by Gasteiger charge is 2.30. The van der Waals surface area contributed by atoms with E-state index in [1.165, 1.54) is 14.0 Å². The normalized spacial score (nSPS) is 14.1. The number of nitrogens with one attached hydrogen (secondary N) is 2. The van der Waals surface area contributed by atoms with Gasteiger partial charge in [-0.15, -0.1) is 0 Å². The lowest BCUT2D eigenvalue weighted by atomic mass is 9.98. The molecule has 3 rings (SSSR count). The molecule has 9 nitrogen and oxygen atoms in total. The molecular weight excluding hydrogens is 416 g/mol. The summed E-state index contributed by atoms with van der Waals surface area (Å²) in [6.07, 6.45) is -1.86. The van der Waals surface area contributed by atoms with Gasteiger partial charge in [0, 0.05) is 26.1 Å². The molecule has 0 radical (unpaired) electrons. The van der Waals surface area contributed by atoms with Gasteiger partial charge in [0.15, 0.2) is 6.10 Å². The van der Waals surface area contributed by atoms with Crippen molar-refractivity contribution in [3.63, 3.8) is 0 Å². The number of ether oxygens (including phenoxy) is 2. The van der Waals surface area contributed by atoms with Gasteiger partial charge in [0.2, 0.25) is 0 Å². The van der Waals surface area contributed by atoms with Crippen LogP contribution in [0.5, 0.6) is 0 Å². The topological polar surface area (TPSA) is 123 Å². The summed E-state index contributed by atoms with van der Waals surface area (Å²) in [6.45, 7) is 1.56. The summed E-state index contributed by atoms with van der Waals surface area (Å²) in [4.78, 5) is 40.4. The number of aliphatic carboxylic acids is 1. The Labute approximate surface area is 185 Å². The van der Waals surface area contributed by atoms with Gasteiger partial charge >= 0.3 is 12.1 Å².